The van der Waals surface area contributed by atoms with Gasteiger partial charge in [0, 0.05) is 11.9 Å². The molecule has 0 spiro atoms. The Morgan fingerprint density at radius 2 is 1.71 bits per heavy atom. The number of carbonyl (C=O) groups is 1. The minimum Gasteiger partial charge on any atom is -0.432 e. The summed E-state index contributed by atoms with van der Waals surface area (Å²) in [6, 6.07) is 5.81. The summed E-state index contributed by atoms with van der Waals surface area (Å²) in [4.78, 5) is 16.4. The molecule has 0 radical (unpaired) electrons. The normalized spacial score (nSPS) is 15.3. The number of rotatable bonds is 6. The summed E-state index contributed by atoms with van der Waals surface area (Å²) in [5.41, 5.74) is -6.35. The first-order valence-corrected chi connectivity index (χ1v) is 13.7. The van der Waals surface area contributed by atoms with Gasteiger partial charge in [-0.25, -0.2) is 13.4 Å². The van der Waals surface area contributed by atoms with E-state index in [1.807, 2.05) is 0 Å². The van der Waals surface area contributed by atoms with Gasteiger partial charge in [-0.05, 0) is 62.1 Å². The highest BCUT2D eigenvalue weighted by Crippen LogP contribution is 2.54. The molecule has 0 atom stereocenters. The number of alkyl halides is 6. The smallest absolute Gasteiger partial charge is 0.432 e. The predicted molar refractivity (Wildman–Crippen MR) is 130 cm³/mol. The first-order chi connectivity index (χ1) is 18.8. The van der Waals surface area contributed by atoms with Crippen molar-refractivity contribution in [2.24, 2.45) is 0 Å². The number of aryl methyl sites for hydroxylation is 1. The molecular weight excluding hydrogens is 585 g/mol. The Balaban J connectivity index is 1.78. The Bertz CT molecular complexity index is 1610. The molecule has 16 heteroatoms. The van der Waals surface area contributed by atoms with Crippen molar-refractivity contribution in [2.45, 2.75) is 55.8 Å². The molecule has 2 heterocycles. The molecule has 0 bridgehead atoms. The van der Waals surface area contributed by atoms with Gasteiger partial charge < -0.3 is 10.1 Å². The molecule has 1 aliphatic rings. The number of pyridine rings is 1. The van der Waals surface area contributed by atoms with Crippen LogP contribution in [-0.4, -0.2) is 41.9 Å². The molecule has 1 saturated carbocycles. The number of carbonyl (C=O) groups excluding carboxylic acids is 1. The monoisotopic (exact) mass is 606 g/mol. The van der Waals surface area contributed by atoms with Crippen LogP contribution in [0, 0.1) is 19.8 Å². The summed E-state index contributed by atoms with van der Waals surface area (Å²) in [5, 5.41) is 8.63. The molecule has 2 aromatic heterocycles. The van der Waals surface area contributed by atoms with Crippen LogP contribution in [0.4, 0.5) is 36.4 Å². The van der Waals surface area contributed by atoms with Crippen LogP contribution in [0.1, 0.15) is 52.1 Å². The Morgan fingerprint density at radius 3 is 2.22 bits per heavy atom. The number of halogens is 7. The molecule has 8 nitrogen and oxygen atoms in total. The van der Waals surface area contributed by atoms with E-state index in [2.05, 4.69) is 20.5 Å². The lowest BCUT2D eigenvalue weighted by Crippen LogP contribution is -2.48. The number of ether oxygens (including phenoxy) is 1. The molecule has 0 unspecified atom stereocenters. The summed E-state index contributed by atoms with van der Waals surface area (Å²) >= 11 is 0. The van der Waals surface area contributed by atoms with Gasteiger partial charge in [0.25, 0.3) is 17.7 Å². The Kier molecular flexibility index (Phi) is 7.52. The highest BCUT2D eigenvalue weighted by Gasteiger charge is 2.60. The van der Waals surface area contributed by atoms with Crippen LogP contribution < -0.4 is 10.1 Å². The van der Waals surface area contributed by atoms with Crippen LogP contribution in [0.3, 0.4) is 0 Å². The van der Waals surface area contributed by atoms with Crippen molar-refractivity contribution in [1.29, 1.82) is 0 Å². The fraction of sp³-hybridized carbons (Fsp3) is 0.360. The molecule has 0 aliphatic heterocycles. The number of hydrogen-bond acceptors (Lipinski definition) is 7. The van der Waals surface area contributed by atoms with Crippen molar-refractivity contribution in [2.75, 3.05) is 11.6 Å². The minimum atomic E-state index is -5.06. The van der Waals surface area contributed by atoms with Crippen molar-refractivity contribution in [3.8, 4) is 11.6 Å². The molecule has 1 amide bonds. The lowest BCUT2D eigenvalue weighted by Gasteiger charge is -2.42. The maximum atomic E-state index is 15.1. The molecule has 1 aromatic carbocycles. The number of benzene rings is 1. The van der Waals surface area contributed by atoms with E-state index in [1.165, 1.54) is 25.1 Å². The molecular formula is C25H21F7N4O4S. The molecule has 0 saturated heterocycles. The highest BCUT2D eigenvalue weighted by atomic mass is 32.2. The van der Waals surface area contributed by atoms with E-state index < -0.39 is 73.6 Å². The second-order valence-corrected chi connectivity index (χ2v) is 11.6. The molecule has 1 N–H and O–H groups in total. The van der Waals surface area contributed by atoms with Crippen molar-refractivity contribution >= 4 is 21.4 Å². The van der Waals surface area contributed by atoms with Gasteiger partial charge in [0.15, 0.2) is 21.3 Å². The number of hydrogen-bond donors (Lipinski definition) is 1. The van der Waals surface area contributed by atoms with E-state index >= 15 is 4.39 Å². The molecule has 4 rings (SSSR count). The van der Waals surface area contributed by atoms with Crippen LogP contribution in [0.2, 0.25) is 0 Å². The number of aromatic nitrogens is 3. The zero-order valence-electron chi connectivity index (χ0n) is 21.5. The predicted octanol–water partition coefficient (Wildman–Crippen LogP) is 6.08. The average Bonchev–Trinajstić information content (AvgIpc) is 2.78. The van der Waals surface area contributed by atoms with Crippen LogP contribution >= 0.6 is 0 Å². The van der Waals surface area contributed by atoms with Gasteiger partial charge in [0.05, 0.1) is 10.6 Å². The van der Waals surface area contributed by atoms with E-state index in [9.17, 15) is 39.6 Å². The van der Waals surface area contributed by atoms with Gasteiger partial charge in [-0.2, -0.15) is 30.7 Å². The summed E-state index contributed by atoms with van der Waals surface area (Å²) in [7, 11) is -3.71. The Morgan fingerprint density at radius 1 is 1.05 bits per heavy atom. The third-order valence-corrected chi connectivity index (χ3v) is 7.87. The number of nitrogens with zero attached hydrogens (tertiary/aromatic N) is 3. The van der Waals surface area contributed by atoms with Gasteiger partial charge in [-0.3, -0.25) is 4.79 Å². The number of sulfone groups is 1. The van der Waals surface area contributed by atoms with E-state index in [1.54, 1.807) is 0 Å². The maximum absolute atomic E-state index is 15.1. The van der Waals surface area contributed by atoms with Gasteiger partial charge in [0.1, 0.15) is 11.0 Å². The Labute approximate surface area is 228 Å². The van der Waals surface area contributed by atoms with E-state index in [0.29, 0.717) is 0 Å². The summed E-state index contributed by atoms with van der Waals surface area (Å²) in [6.45, 7) is 2.09. The van der Waals surface area contributed by atoms with Crippen molar-refractivity contribution in [3.63, 3.8) is 0 Å². The standard InChI is InChI=1S/C25H21F7N4O4S/c1-12-10-16(23(8-5-9-23)25(30,31)32)34-20(26)18(12)40-22-17(13(2)19(35-36-22)24(27,28)29)21(37)33-14-6-4-7-15(11-14)41(3,38)39/h4,6-7,10-11H,5,8-9H2,1-3H3,(H,33,37). The number of anilines is 1. The lowest BCUT2D eigenvalue weighted by atomic mass is 9.65. The van der Waals surface area contributed by atoms with Crippen LogP contribution in [0.15, 0.2) is 35.2 Å². The number of nitrogens with one attached hydrogen (secondary N) is 1. The lowest BCUT2D eigenvalue weighted by molar-refractivity contribution is -0.214. The SMILES string of the molecule is Cc1cc(C2(C(F)(F)F)CCC2)nc(F)c1Oc1nnc(C(F)(F)F)c(C)c1C(=O)Nc1cccc(S(C)(=O)=O)c1. The van der Waals surface area contributed by atoms with Crippen LogP contribution in [-0.2, 0) is 21.4 Å². The van der Waals surface area contributed by atoms with E-state index in [4.69, 9.17) is 4.74 Å². The first-order valence-electron chi connectivity index (χ1n) is 11.8. The van der Waals surface area contributed by atoms with E-state index in [-0.39, 0.29) is 35.4 Å². The van der Waals surface area contributed by atoms with Crippen molar-refractivity contribution in [3.05, 3.63) is 64.4 Å². The molecule has 1 aliphatic carbocycles. The van der Waals surface area contributed by atoms with Gasteiger partial charge in [-0.1, -0.05) is 12.5 Å². The van der Waals surface area contributed by atoms with Crippen LogP contribution in [0.25, 0.3) is 0 Å². The second kappa shape index (κ2) is 10.2. The summed E-state index contributed by atoms with van der Waals surface area (Å²) < 4.78 is 126. The minimum absolute atomic E-state index is 0.111. The fourth-order valence-electron chi connectivity index (χ4n) is 4.41. The van der Waals surface area contributed by atoms with E-state index in [0.717, 1.165) is 25.3 Å². The van der Waals surface area contributed by atoms with Gasteiger partial charge >= 0.3 is 12.4 Å². The van der Waals surface area contributed by atoms with Crippen molar-refractivity contribution in [1.82, 2.24) is 15.2 Å². The first kappa shape index (κ1) is 30.1. The van der Waals surface area contributed by atoms with Crippen LogP contribution in [0.5, 0.6) is 11.6 Å². The van der Waals surface area contributed by atoms with Gasteiger partial charge in [-0.15, -0.1) is 10.2 Å². The van der Waals surface area contributed by atoms with Gasteiger partial charge in [0.2, 0.25) is 0 Å². The zero-order chi connectivity index (χ0) is 30.5. The highest BCUT2D eigenvalue weighted by molar-refractivity contribution is 7.90. The topological polar surface area (TPSA) is 111 Å². The largest absolute Gasteiger partial charge is 0.435 e. The molecule has 3 aromatic rings. The number of amides is 1. The third-order valence-electron chi connectivity index (χ3n) is 6.76. The quantitative estimate of drug-likeness (QED) is 0.268. The molecule has 220 valence electrons. The second-order valence-electron chi connectivity index (χ2n) is 9.59. The zero-order valence-corrected chi connectivity index (χ0v) is 22.4. The third kappa shape index (κ3) is 5.69. The fourth-order valence-corrected chi connectivity index (χ4v) is 5.07. The maximum Gasteiger partial charge on any atom is 0.435 e. The Hall–Kier alpha value is -3.82. The van der Waals surface area contributed by atoms with Crippen molar-refractivity contribution < 1.29 is 48.7 Å². The summed E-state index contributed by atoms with van der Waals surface area (Å²) in [6.07, 6.45) is -9.18. The summed E-state index contributed by atoms with van der Waals surface area (Å²) in [5.74, 6) is -4.40. The molecule has 1 fully saturated rings. The molecule has 41 heavy (non-hydrogen) atoms. The average molecular weight is 607 g/mol.